The van der Waals surface area contributed by atoms with E-state index in [1.165, 1.54) is 0 Å². The molecule has 6 nitrogen and oxygen atoms in total. The summed E-state index contributed by atoms with van der Waals surface area (Å²) in [4.78, 5) is 15.7. The van der Waals surface area contributed by atoms with E-state index in [0.29, 0.717) is 12.1 Å². The maximum absolute atomic E-state index is 11.2. The number of guanidine groups is 1. The fraction of sp³-hybridized carbons (Fsp3) is 0.500. The quantitative estimate of drug-likeness (QED) is 0.364. The number of nitrogens with zero attached hydrogens (tertiary/aromatic N) is 1. The highest BCUT2D eigenvalue weighted by atomic mass is 16.5. The third-order valence-electron chi connectivity index (χ3n) is 2.94. The van der Waals surface area contributed by atoms with Crippen LogP contribution in [-0.2, 0) is 11.3 Å². The molecule has 4 N–H and O–H groups in total. The number of carbonyl (C=O) groups excluding carboxylic acids is 1. The van der Waals surface area contributed by atoms with Gasteiger partial charge in [-0.15, -0.1) is 0 Å². The Labute approximate surface area is 132 Å². The minimum atomic E-state index is -0.424. The zero-order valence-electron chi connectivity index (χ0n) is 13.4. The van der Waals surface area contributed by atoms with Crippen molar-refractivity contribution >= 4 is 11.9 Å². The maximum Gasteiger partial charge on any atom is 0.248 e. The first-order valence-corrected chi connectivity index (χ1v) is 7.66. The van der Waals surface area contributed by atoms with Gasteiger partial charge in [0, 0.05) is 31.9 Å². The van der Waals surface area contributed by atoms with Crippen molar-refractivity contribution in [1.29, 1.82) is 0 Å². The Balaban J connectivity index is 2.54. The first-order valence-electron chi connectivity index (χ1n) is 7.66. The van der Waals surface area contributed by atoms with Gasteiger partial charge in [-0.05, 0) is 38.0 Å². The van der Waals surface area contributed by atoms with Crippen molar-refractivity contribution in [3.63, 3.8) is 0 Å². The van der Waals surface area contributed by atoms with Crippen molar-refractivity contribution in [1.82, 2.24) is 10.6 Å². The zero-order valence-corrected chi connectivity index (χ0v) is 13.4. The molecule has 0 aliphatic heterocycles. The van der Waals surface area contributed by atoms with Gasteiger partial charge < -0.3 is 21.1 Å². The minimum Gasteiger partial charge on any atom is -0.382 e. The van der Waals surface area contributed by atoms with Crippen molar-refractivity contribution in [2.75, 3.05) is 26.3 Å². The average Bonchev–Trinajstić information content (AvgIpc) is 2.52. The summed E-state index contributed by atoms with van der Waals surface area (Å²) >= 11 is 0. The van der Waals surface area contributed by atoms with E-state index in [-0.39, 0.29) is 0 Å². The second-order valence-corrected chi connectivity index (χ2v) is 4.74. The van der Waals surface area contributed by atoms with Crippen molar-refractivity contribution < 1.29 is 9.53 Å². The Kier molecular flexibility index (Phi) is 8.67. The normalized spacial score (nSPS) is 11.3. The van der Waals surface area contributed by atoms with Crippen LogP contribution in [0.4, 0.5) is 0 Å². The summed E-state index contributed by atoms with van der Waals surface area (Å²) < 4.78 is 5.30. The molecular formula is C16H26N4O2. The van der Waals surface area contributed by atoms with Crippen LogP contribution in [0.15, 0.2) is 29.3 Å². The lowest BCUT2D eigenvalue weighted by Gasteiger charge is -2.11. The summed E-state index contributed by atoms with van der Waals surface area (Å²) in [6, 6.07) is 7.21. The van der Waals surface area contributed by atoms with E-state index in [4.69, 9.17) is 10.5 Å². The molecule has 0 spiro atoms. The molecule has 0 heterocycles. The Morgan fingerprint density at radius 3 is 2.82 bits per heavy atom. The van der Waals surface area contributed by atoms with Gasteiger partial charge in [0.25, 0.3) is 0 Å². The summed E-state index contributed by atoms with van der Waals surface area (Å²) in [6.45, 7) is 7.56. The lowest BCUT2D eigenvalue weighted by molar-refractivity contribution is 0.1000. The van der Waals surface area contributed by atoms with Gasteiger partial charge in [0.15, 0.2) is 5.96 Å². The molecule has 0 radical (unpaired) electrons. The second kappa shape index (κ2) is 10.6. The molecular weight excluding hydrogens is 280 g/mol. The summed E-state index contributed by atoms with van der Waals surface area (Å²) in [5, 5.41) is 6.44. The molecule has 0 aliphatic rings. The Morgan fingerprint density at radius 2 is 2.14 bits per heavy atom. The number of carbonyl (C=O) groups is 1. The van der Waals surface area contributed by atoms with E-state index in [0.717, 1.165) is 44.2 Å². The minimum absolute atomic E-state index is 0.424. The lowest BCUT2D eigenvalue weighted by Crippen LogP contribution is -2.38. The van der Waals surface area contributed by atoms with Gasteiger partial charge in [-0.25, -0.2) is 4.99 Å². The van der Waals surface area contributed by atoms with E-state index >= 15 is 0 Å². The van der Waals surface area contributed by atoms with Crippen LogP contribution in [0.1, 0.15) is 36.2 Å². The standard InChI is InChI=1S/C16H26N4O2/c1-3-18-16(19-9-6-10-22-4-2)20-12-13-7-5-8-14(11-13)15(17)21/h5,7-8,11H,3-4,6,9-10,12H2,1-2H3,(H2,17,21)(H2,18,19,20). The van der Waals surface area contributed by atoms with Crippen LogP contribution in [0.3, 0.4) is 0 Å². The predicted molar refractivity (Wildman–Crippen MR) is 88.9 cm³/mol. The zero-order chi connectivity index (χ0) is 16.2. The van der Waals surface area contributed by atoms with Crippen molar-refractivity contribution in [2.24, 2.45) is 10.7 Å². The second-order valence-electron chi connectivity index (χ2n) is 4.74. The molecule has 0 aromatic heterocycles. The van der Waals surface area contributed by atoms with E-state index in [2.05, 4.69) is 15.6 Å². The molecule has 122 valence electrons. The number of hydrogen-bond donors (Lipinski definition) is 3. The molecule has 1 aromatic carbocycles. The van der Waals surface area contributed by atoms with E-state index in [1.54, 1.807) is 12.1 Å². The highest BCUT2D eigenvalue weighted by Gasteiger charge is 2.02. The molecule has 0 saturated carbocycles. The van der Waals surface area contributed by atoms with E-state index < -0.39 is 5.91 Å². The SMILES string of the molecule is CCNC(=NCc1cccc(C(N)=O)c1)NCCCOCC. The van der Waals surface area contributed by atoms with Crippen molar-refractivity contribution in [3.8, 4) is 0 Å². The Hall–Kier alpha value is -2.08. The van der Waals surface area contributed by atoms with Crippen LogP contribution in [0.2, 0.25) is 0 Å². The van der Waals surface area contributed by atoms with Crippen molar-refractivity contribution in [3.05, 3.63) is 35.4 Å². The third-order valence-corrected chi connectivity index (χ3v) is 2.94. The lowest BCUT2D eigenvalue weighted by atomic mass is 10.1. The van der Waals surface area contributed by atoms with Crippen LogP contribution in [0, 0.1) is 0 Å². The van der Waals surface area contributed by atoms with Gasteiger partial charge >= 0.3 is 0 Å². The summed E-state index contributed by atoms with van der Waals surface area (Å²) in [5.74, 6) is 0.329. The molecule has 0 aliphatic carbocycles. The average molecular weight is 306 g/mol. The number of aliphatic imine (C=N–C) groups is 1. The summed E-state index contributed by atoms with van der Waals surface area (Å²) in [5.41, 5.74) is 6.73. The van der Waals surface area contributed by atoms with Crippen LogP contribution >= 0.6 is 0 Å². The molecule has 0 atom stereocenters. The van der Waals surface area contributed by atoms with Gasteiger partial charge in [0.05, 0.1) is 6.54 Å². The van der Waals surface area contributed by atoms with Gasteiger partial charge in [-0.2, -0.15) is 0 Å². The summed E-state index contributed by atoms with van der Waals surface area (Å²) in [6.07, 6.45) is 0.926. The highest BCUT2D eigenvalue weighted by molar-refractivity contribution is 5.92. The fourth-order valence-electron chi connectivity index (χ4n) is 1.86. The van der Waals surface area contributed by atoms with Gasteiger partial charge in [-0.3, -0.25) is 4.79 Å². The molecule has 0 fully saturated rings. The smallest absolute Gasteiger partial charge is 0.248 e. The Bertz CT molecular complexity index is 489. The number of hydrogen-bond acceptors (Lipinski definition) is 3. The third kappa shape index (κ3) is 7.08. The number of ether oxygens (including phenoxy) is 1. The number of nitrogens with one attached hydrogen (secondary N) is 2. The number of primary amides is 1. The molecule has 1 rings (SSSR count). The Morgan fingerprint density at radius 1 is 1.32 bits per heavy atom. The molecule has 1 aromatic rings. The van der Waals surface area contributed by atoms with Crippen LogP contribution in [0.5, 0.6) is 0 Å². The van der Waals surface area contributed by atoms with Crippen LogP contribution < -0.4 is 16.4 Å². The van der Waals surface area contributed by atoms with Crippen LogP contribution in [-0.4, -0.2) is 38.2 Å². The molecule has 6 heteroatoms. The predicted octanol–water partition coefficient (Wildman–Crippen LogP) is 1.27. The highest BCUT2D eigenvalue weighted by Crippen LogP contribution is 2.06. The molecule has 1 amide bonds. The number of nitrogens with two attached hydrogens (primary N) is 1. The molecule has 22 heavy (non-hydrogen) atoms. The molecule has 0 bridgehead atoms. The number of benzene rings is 1. The van der Waals surface area contributed by atoms with Gasteiger partial charge in [-0.1, -0.05) is 12.1 Å². The van der Waals surface area contributed by atoms with E-state index in [1.807, 2.05) is 26.0 Å². The van der Waals surface area contributed by atoms with E-state index in [9.17, 15) is 4.79 Å². The van der Waals surface area contributed by atoms with Crippen molar-refractivity contribution in [2.45, 2.75) is 26.8 Å². The monoisotopic (exact) mass is 306 g/mol. The first-order chi connectivity index (χ1) is 10.7. The van der Waals surface area contributed by atoms with Crippen LogP contribution in [0.25, 0.3) is 0 Å². The molecule has 0 unspecified atom stereocenters. The molecule has 0 saturated heterocycles. The topological polar surface area (TPSA) is 88.7 Å². The number of rotatable bonds is 9. The maximum atomic E-state index is 11.2. The number of amides is 1. The van der Waals surface area contributed by atoms with Gasteiger partial charge in [0.2, 0.25) is 5.91 Å². The van der Waals surface area contributed by atoms with Gasteiger partial charge in [0.1, 0.15) is 0 Å². The largest absolute Gasteiger partial charge is 0.382 e. The fourth-order valence-corrected chi connectivity index (χ4v) is 1.86. The first kappa shape index (κ1) is 18.0. The summed E-state index contributed by atoms with van der Waals surface area (Å²) in [7, 11) is 0.